The fraction of sp³-hybridized carbons (Fsp3) is 0.583. The highest BCUT2D eigenvalue weighted by Crippen LogP contribution is 2.40. The molecule has 2 nitrogen and oxygen atoms in total. The van der Waals surface area contributed by atoms with Crippen LogP contribution in [-0.4, -0.2) is 11.9 Å². The molecule has 0 radical (unpaired) electrons. The third-order valence-corrected chi connectivity index (χ3v) is 4.62. The minimum Gasteiger partial charge on any atom is -0.352 e. The van der Waals surface area contributed by atoms with Gasteiger partial charge in [0.1, 0.15) is 0 Å². The van der Waals surface area contributed by atoms with Gasteiger partial charge in [-0.15, -0.1) is 11.3 Å². The van der Waals surface area contributed by atoms with Gasteiger partial charge >= 0.3 is 0 Å². The van der Waals surface area contributed by atoms with Gasteiger partial charge < -0.3 is 5.32 Å². The maximum absolute atomic E-state index is 11.5. The maximum Gasteiger partial charge on any atom is 0.221 e. The van der Waals surface area contributed by atoms with E-state index in [1.807, 2.05) is 11.3 Å². The zero-order valence-electron chi connectivity index (χ0n) is 9.46. The van der Waals surface area contributed by atoms with E-state index in [2.05, 4.69) is 38.2 Å². The summed E-state index contributed by atoms with van der Waals surface area (Å²) >= 11 is 1.81. The van der Waals surface area contributed by atoms with Gasteiger partial charge in [0.2, 0.25) is 5.91 Å². The lowest BCUT2D eigenvalue weighted by Crippen LogP contribution is -2.37. The summed E-state index contributed by atoms with van der Waals surface area (Å²) < 4.78 is 0. The van der Waals surface area contributed by atoms with E-state index in [-0.39, 0.29) is 11.3 Å². The Hall–Kier alpha value is -0.830. The van der Waals surface area contributed by atoms with E-state index in [9.17, 15) is 4.79 Å². The largest absolute Gasteiger partial charge is 0.352 e. The predicted molar refractivity (Wildman–Crippen MR) is 63.2 cm³/mol. The molecular weight excluding hydrogens is 206 g/mol. The molecule has 1 N–H and O–H groups in total. The molecule has 0 spiro atoms. The first-order chi connectivity index (χ1) is 7.06. The molecule has 1 fully saturated rings. The molecular formula is C12H17NOS. The average molecular weight is 223 g/mol. The number of carbonyl (C=O) groups is 1. The van der Waals surface area contributed by atoms with E-state index in [1.54, 1.807) is 0 Å². The molecule has 1 aromatic rings. The van der Waals surface area contributed by atoms with E-state index in [1.165, 1.54) is 9.75 Å². The summed E-state index contributed by atoms with van der Waals surface area (Å²) in [5.41, 5.74) is 0.00472. The van der Waals surface area contributed by atoms with Crippen LogP contribution in [0, 0.1) is 6.92 Å². The van der Waals surface area contributed by atoms with Gasteiger partial charge in [0.15, 0.2) is 0 Å². The van der Waals surface area contributed by atoms with Crippen molar-refractivity contribution in [2.75, 3.05) is 0 Å². The van der Waals surface area contributed by atoms with Gasteiger partial charge in [-0.1, -0.05) is 13.8 Å². The van der Waals surface area contributed by atoms with Gasteiger partial charge in [0.25, 0.3) is 0 Å². The summed E-state index contributed by atoms with van der Waals surface area (Å²) in [4.78, 5) is 14.2. The van der Waals surface area contributed by atoms with Crippen LogP contribution in [0.4, 0.5) is 0 Å². The second kappa shape index (κ2) is 3.63. The standard InChI is InChI=1S/C12H17NOS/c1-4-9-12(3,7-11(14)13-9)10-6-5-8(2)15-10/h5-6,9H,4,7H2,1-3H3,(H,13,14). The Morgan fingerprint density at radius 2 is 2.33 bits per heavy atom. The Morgan fingerprint density at radius 1 is 1.60 bits per heavy atom. The molecule has 0 bridgehead atoms. The quantitative estimate of drug-likeness (QED) is 0.820. The summed E-state index contributed by atoms with van der Waals surface area (Å²) in [5.74, 6) is 0.190. The number of carbonyl (C=O) groups excluding carboxylic acids is 1. The van der Waals surface area contributed by atoms with Crippen molar-refractivity contribution in [2.24, 2.45) is 0 Å². The van der Waals surface area contributed by atoms with Crippen LogP contribution in [0.1, 0.15) is 36.4 Å². The topological polar surface area (TPSA) is 29.1 Å². The summed E-state index contributed by atoms with van der Waals surface area (Å²) in [6.07, 6.45) is 1.63. The molecule has 1 aromatic heterocycles. The van der Waals surface area contributed by atoms with Gasteiger partial charge in [-0.25, -0.2) is 0 Å². The van der Waals surface area contributed by atoms with E-state index >= 15 is 0 Å². The second-order valence-electron chi connectivity index (χ2n) is 4.53. The van der Waals surface area contributed by atoms with Gasteiger partial charge in [-0.2, -0.15) is 0 Å². The number of hydrogen-bond acceptors (Lipinski definition) is 2. The van der Waals surface area contributed by atoms with Crippen molar-refractivity contribution >= 4 is 17.2 Å². The van der Waals surface area contributed by atoms with Gasteiger partial charge in [-0.3, -0.25) is 4.79 Å². The molecule has 1 aliphatic rings. The Bertz CT molecular complexity index is 385. The minimum atomic E-state index is 0.00472. The summed E-state index contributed by atoms with van der Waals surface area (Å²) in [6.45, 7) is 6.45. The molecule has 15 heavy (non-hydrogen) atoms. The minimum absolute atomic E-state index is 0.00472. The first kappa shape index (κ1) is 10.7. The molecule has 1 saturated heterocycles. The van der Waals surface area contributed by atoms with Gasteiger partial charge in [-0.05, 0) is 25.5 Å². The van der Waals surface area contributed by atoms with Crippen molar-refractivity contribution in [3.05, 3.63) is 21.9 Å². The maximum atomic E-state index is 11.5. The smallest absolute Gasteiger partial charge is 0.221 e. The van der Waals surface area contributed by atoms with Gasteiger partial charge in [0, 0.05) is 27.6 Å². The second-order valence-corrected chi connectivity index (χ2v) is 5.82. The van der Waals surface area contributed by atoms with Crippen LogP contribution >= 0.6 is 11.3 Å². The summed E-state index contributed by atoms with van der Waals surface area (Å²) in [6, 6.07) is 4.60. The van der Waals surface area contributed by atoms with Crippen molar-refractivity contribution in [3.8, 4) is 0 Å². The van der Waals surface area contributed by atoms with Crippen LogP contribution in [0.5, 0.6) is 0 Å². The fourth-order valence-electron chi connectivity index (χ4n) is 2.41. The number of amides is 1. The summed E-state index contributed by atoms with van der Waals surface area (Å²) in [5, 5.41) is 3.07. The molecule has 0 saturated carbocycles. The zero-order valence-corrected chi connectivity index (χ0v) is 10.3. The van der Waals surface area contributed by atoms with Crippen molar-refractivity contribution < 1.29 is 4.79 Å². The van der Waals surface area contributed by atoms with Crippen LogP contribution in [0.3, 0.4) is 0 Å². The molecule has 82 valence electrons. The lowest BCUT2D eigenvalue weighted by Gasteiger charge is -2.28. The van der Waals surface area contributed by atoms with E-state index in [4.69, 9.17) is 0 Å². The van der Waals surface area contributed by atoms with Crippen LogP contribution in [-0.2, 0) is 10.2 Å². The normalized spacial score (nSPS) is 30.6. The molecule has 0 aromatic carbocycles. The molecule has 1 aliphatic heterocycles. The molecule has 0 aliphatic carbocycles. The highest BCUT2D eigenvalue weighted by atomic mass is 32.1. The lowest BCUT2D eigenvalue weighted by molar-refractivity contribution is -0.119. The fourth-order valence-corrected chi connectivity index (χ4v) is 3.48. The third-order valence-electron chi connectivity index (χ3n) is 3.34. The van der Waals surface area contributed by atoms with Crippen LogP contribution in [0.2, 0.25) is 0 Å². The molecule has 2 atom stereocenters. The predicted octanol–water partition coefficient (Wildman–Crippen LogP) is 2.61. The average Bonchev–Trinajstić information content (AvgIpc) is 2.71. The van der Waals surface area contributed by atoms with Crippen LogP contribution in [0.25, 0.3) is 0 Å². The lowest BCUT2D eigenvalue weighted by atomic mass is 9.80. The molecule has 1 amide bonds. The van der Waals surface area contributed by atoms with Gasteiger partial charge in [0.05, 0.1) is 0 Å². The first-order valence-electron chi connectivity index (χ1n) is 5.42. The SMILES string of the molecule is CCC1NC(=O)CC1(C)c1ccc(C)s1. The van der Waals surface area contributed by atoms with Crippen molar-refractivity contribution in [3.63, 3.8) is 0 Å². The van der Waals surface area contributed by atoms with Crippen molar-refractivity contribution in [1.82, 2.24) is 5.32 Å². The number of thiophene rings is 1. The van der Waals surface area contributed by atoms with E-state index in [0.29, 0.717) is 12.5 Å². The Kier molecular flexibility index (Phi) is 2.59. The van der Waals surface area contributed by atoms with E-state index in [0.717, 1.165) is 6.42 Å². The molecule has 2 heterocycles. The monoisotopic (exact) mass is 223 g/mol. The number of nitrogens with one attached hydrogen (secondary N) is 1. The highest BCUT2D eigenvalue weighted by Gasteiger charge is 2.44. The van der Waals surface area contributed by atoms with Crippen LogP contribution in [0.15, 0.2) is 12.1 Å². The number of hydrogen-bond donors (Lipinski definition) is 1. The Morgan fingerprint density at radius 3 is 2.87 bits per heavy atom. The molecule has 2 unspecified atom stereocenters. The highest BCUT2D eigenvalue weighted by molar-refractivity contribution is 7.12. The first-order valence-corrected chi connectivity index (χ1v) is 6.24. The number of aryl methyl sites for hydroxylation is 1. The number of rotatable bonds is 2. The van der Waals surface area contributed by atoms with Crippen molar-refractivity contribution in [2.45, 2.75) is 45.1 Å². The molecule has 2 rings (SSSR count). The summed E-state index contributed by atoms with van der Waals surface area (Å²) in [7, 11) is 0. The molecule has 3 heteroatoms. The van der Waals surface area contributed by atoms with Crippen LogP contribution < -0.4 is 5.32 Å². The van der Waals surface area contributed by atoms with Crippen molar-refractivity contribution in [1.29, 1.82) is 0 Å². The van der Waals surface area contributed by atoms with E-state index < -0.39 is 0 Å². The zero-order chi connectivity index (χ0) is 11.1. The third kappa shape index (κ3) is 1.69. The Labute approximate surface area is 94.7 Å². The Balaban J connectivity index is 2.36.